The Kier molecular flexibility index (Phi) is 3.14. The second kappa shape index (κ2) is 4.02. The molecule has 0 aromatic carbocycles. The minimum Gasteiger partial charge on any atom is -0.321 e. The first kappa shape index (κ1) is 11.7. The standard InChI is InChI=1S/C10H18N4O/c1-6-8(7(2)14-13-6)12-9(15)10(3,4)11-5/h11H,1-5H3,(H,12,15)(H,13,14). The van der Waals surface area contributed by atoms with Gasteiger partial charge in [-0.15, -0.1) is 0 Å². The van der Waals surface area contributed by atoms with Crippen LogP contribution in [0.3, 0.4) is 0 Å². The molecular formula is C10H18N4O. The molecule has 84 valence electrons. The van der Waals surface area contributed by atoms with Gasteiger partial charge in [0.2, 0.25) is 5.91 Å². The number of aromatic amines is 1. The third-order valence-electron chi connectivity index (χ3n) is 2.56. The van der Waals surface area contributed by atoms with Gasteiger partial charge in [0, 0.05) is 0 Å². The number of carbonyl (C=O) groups excluding carboxylic acids is 1. The second-order valence-corrected chi connectivity index (χ2v) is 4.14. The molecule has 15 heavy (non-hydrogen) atoms. The van der Waals surface area contributed by atoms with E-state index in [9.17, 15) is 4.79 Å². The van der Waals surface area contributed by atoms with Gasteiger partial charge in [-0.1, -0.05) is 0 Å². The Morgan fingerprint density at radius 2 is 2.00 bits per heavy atom. The van der Waals surface area contributed by atoms with Crippen LogP contribution in [-0.2, 0) is 4.79 Å². The number of aryl methyl sites for hydroxylation is 2. The van der Waals surface area contributed by atoms with Gasteiger partial charge in [0.05, 0.1) is 22.6 Å². The molecule has 0 atom stereocenters. The van der Waals surface area contributed by atoms with Crippen molar-refractivity contribution in [1.29, 1.82) is 0 Å². The maximum Gasteiger partial charge on any atom is 0.244 e. The average molecular weight is 210 g/mol. The number of H-pyrrole nitrogens is 1. The molecule has 0 aliphatic rings. The Morgan fingerprint density at radius 3 is 2.40 bits per heavy atom. The van der Waals surface area contributed by atoms with Crippen LogP contribution in [0, 0.1) is 13.8 Å². The van der Waals surface area contributed by atoms with Crippen LogP contribution >= 0.6 is 0 Å². The Bertz CT molecular complexity index is 348. The Hall–Kier alpha value is -1.36. The summed E-state index contributed by atoms with van der Waals surface area (Å²) in [5.74, 6) is -0.0717. The molecule has 0 unspecified atom stereocenters. The molecule has 0 spiro atoms. The van der Waals surface area contributed by atoms with E-state index in [1.165, 1.54) is 0 Å². The molecule has 0 aliphatic carbocycles. The smallest absolute Gasteiger partial charge is 0.244 e. The highest BCUT2D eigenvalue weighted by Crippen LogP contribution is 2.17. The quantitative estimate of drug-likeness (QED) is 0.696. The van der Waals surface area contributed by atoms with Crippen molar-refractivity contribution >= 4 is 11.6 Å². The summed E-state index contributed by atoms with van der Waals surface area (Å²) < 4.78 is 0. The summed E-state index contributed by atoms with van der Waals surface area (Å²) in [5.41, 5.74) is 1.85. The number of anilines is 1. The fourth-order valence-corrected chi connectivity index (χ4v) is 1.12. The molecule has 5 heteroatoms. The van der Waals surface area contributed by atoms with Crippen molar-refractivity contribution in [2.45, 2.75) is 33.2 Å². The highest BCUT2D eigenvalue weighted by atomic mass is 16.2. The molecule has 1 amide bonds. The van der Waals surface area contributed by atoms with Crippen LogP contribution in [0.1, 0.15) is 25.2 Å². The number of likely N-dealkylation sites (N-methyl/N-ethyl adjacent to an activating group) is 1. The van der Waals surface area contributed by atoms with Crippen molar-refractivity contribution in [3.8, 4) is 0 Å². The number of nitrogens with zero attached hydrogens (tertiary/aromatic N) is 1. The topological polar surface area (TPSA) is 69.8 Å². The van der Waals surface area contributed by atoms with Crippen molar-refractivity contribution in [3.63, 3.8) is 0 Å². The van der Waals surface area contributed by atoms with E-state index in [-0.39, 0.29) is 5.91 Å². The molecule has 0 saturated carbocycles. The summed E-state index contributed by atoms with van der Waals surface area (Å²) in [5, 5.41) is 12.6. The van der Waals surface area contributed by atoms with Gasteiger partial charge in [-0.2, -0.15) is 5.10 Å². The maximum atomic E-state index is 11.9. The number of nitrogens with one attached hydrogen (secondary N) is 3. The number of hydrogen-bond acceptors (Lipinski definition) is 3. The van der Waals surface area contributed by atoms with Gasteiger partial charge in [0.25, 0.3) is 0 Å². The second-order valence-electron chi connectivity index (χ2n) is 4.14. The summed E-state index contributed by atoms with van der Waals surface area (Å²) in [4.78, 5) is 11.9. The summed E-state index contributed by atoms with van der Waals surface area (Å²) >= 11 is 0. The van der Waals surface area contributed by atoms with Crippen LogP contribution in [0.15, 0.2) is 0 Å². The van der Waals surface area contributed by atoms with E-state index < -0.39 is 5.54 Å². The first-order valence-electron chi connectivity index (χ1n) is 4.90. The molecule has 5 nitrogen and oxygen atoms in total. The zero-order valence-electron chi connectivity index (χ0n) is 9.86. The number of amides is 1. The highest BCUT2D eigenvalue weighted by molar-refractivity contribution is 5.98. The van der Waals surface area contributed by atoms with Gasteiger partial charge < -0.3 is 10.6 Å². The van der Waals surface area contributed by atoms with Gasteiger partial charge in [-0.3, -0.25) is 9.89 Å². The normalized spacial score (nSPS) is 11.5. The van der Waals surface area contributed by atoms with Crippen molar-refractivity contribution in [2.75, 3.05) is 12.4 Å². The molecule has 1 heterocycles. The first-order valence-corrected chi connectivity index (χ1v) is 4.90. The van der Waals surface area contributed by atoms with Gasteiger partial charge in [-0.25, -0.2) is 0 Å². The van der Waals surface area contributed by atoms with Crippen LogP contribution < -0.4 is 10.6 Å². The van der Waals surface area contributed by atoms with Crippen LogP contribution in [0.25, 0.3) is 0 Å². The van der Waals surface area contributed by atoms with E-state index in [0.717, 1.165) is 17.1 Å². The molecular weight excluding hydrogens is 192 g/mol. The lowest BCUT2D eigenvalue weighted by Gasteiger charge is -2.22. The predicted molar refractivity (Wildman–Crippen MR) is 59.8 cm³/mol. The third-order valence-corrected chi connectivity index (χ3v) is 2.56. The van der Waals surface area contributed by atoms with E-state index >= 15 is 0 Å². The molecule has 0 aliphatic heterocycles. The maximum absolute atomic E-state index is 11.9. The minimum absolute atomic E-state index is 0.0717. The highest BCUT2D eigenvalue weighted by Gasteiger charge is 2.26. The Morgan fingerprint density at radius 1 is 1.40 bits per heavy atom. The zero-order chi connectivity index (χ0) is 11.6. The predicted octanol–water partition coefficient (Wildman–Crippen LogP) is 0.963. The molecule has 1 rings (SSSR count). The number of carbonyl (C=O) groups is 1. The fourth-order valence-electron chi connectivity index (χ4n) is 1.12. The number of hydrogen-bond donors (Lipinski definition) is 3. The Balaban J connectivity index is 2.84. The lowest BCUT2D eigenvalue weighted by molar-refractivity contribution is -0.121. The Labute approximate surface area is 89.6 Å². The summed E-state index contributed by atoms with van der Waals surface area (Å²) in [7, 11) is 1.76. The lowest BCUT2D eigenvalue weighted by Crippen LogP contribution is -2.48. The van der Waals surface area contributed by atoms with Crippen LogP contribution in [-0.4, -0.2) is 28.7 Å². The van der Waals surface area contributed by atoms with E-state index in [4.69, 9.17) is 0 Å². The molecule has 0 bridgehead atoms. The van der Waals surface area contributed by atoms with Crippen molar-refractivity contribution in [3.05, 3.63) is 11.4 Å². The fraction of sp³-hybridized carbons (Fsp3) is 0.600. The van der Waals surface area contributed by atoms with E-state index in [0.29, 0.717) is 0 Å². The van der Waals surface area contributed by atoms with Crippen LogP contribution in [0.5, 0.6) is 0 Å². The minimum atomic E-state index is -0.587. The van der Waals surface area contributed by atoms with Crippen molar-refractivity contribution in [1.82, 2.24) is 15.5 Å². The summed E-state index contributed by atoms with van der Waals surface area (Å²) in [6.45, 7) is 7.38. The monoisotopic (exact) mass is 210 g/mol. The van der Waals surface area contributed by atoms with Gasteiger partial charge in [-0.05, 0) is 34.7 Å². The summed E-state index contributed by atoms with van der Waals surface area (Å²) in [6.07, 6.45) is 0. The number of aromatic nitrogens is 2. The third kappa shape index (κ3) is 2.36. The molecule has 0 fully saturated rings. The average Bonchev–Trinajstić information content (AvgIpc) is 2.49. The van der Waals surface area contributed by atoms with Gasteiger partial charge in [0.1, 0.15) is 0 Å². The van der Waals surface area contributed by atoms with Crippen LogP contribution in [0.2, 0.25) is 0 Å². The molecule has 3 N–H and O–H groups in total. The zero-order valence-corrected chi connectivity index (χ0v) is 9.86. The van der Waals surface area contributed by atoms with Crippen molar-refractivity contribution in [2.24, 2.45) is 0 Å². The van der Waals surface area contributed by atoms with Gasteiger partial charge in [0.15, 0.2) is 0 Å². The number of rotatable bonds is 3. The van der Waals surface area contributed by atoms with E-state index in [1.54, 1.807) is 7.05 Å². The largest absolute Gasteiger partial charge is 0.321 e. The van der Waals surface area contributed by atoms with E-state index in [1.807, 2.05) is 27.7 Å². The summed E-state index contributed by atoms with van der Waals surface area (Å²) in [6, 6.07) is 0. The molecule has 0 saturated heterocycles. The van der Waals surface area contributed by atoms with Crippen molar-refractivity contribution < 1.29 is 4.79 Å². The van der Waals surface area contributed by atoms with E-state index in [2.05, 4.69) is 20.8 Å². The van der Waals surface area contributed by atoms with Crippen LogP contribution in [0.4, 0.5) is 5.69 Å². The first-order chi connectivity index (χ1) is 6.88. The SMILES string of the molecule is CNC(C)(C)C(=O)Nc1c(C)n[nH]c1C. The lowest BCUT2D eigenvalue weighted by atomic mass is 10.1. The van der Waals surface area contributed by atoms with Gasteiger partial charge >= 0.3 is 0 Å². The molecule has 1 aromatic heterocycles. The molecule has 0 radical (unpaired) electrons. The molecule has 1 aromatic rings.